The van der Waals surface area contributed by atoms with Gasteiger partial charge in [0.25, 0.3) is 0 Å². The first-order chi connectivity index (χ1) is 7.95. The fourth-order valence-electron chi connectivity index (χ4n) is 2.18. The molecular weight excluding hydrogens is 224 g/mol. The summed E-state index contributed by atoms with van der Waals surface area (Å²) in [5.74, 6) is -0.255. The number of rotatable bonds is 3. The Bertz CT molecular complexity index is 283. The monoisotopic (exact) mass is 244 g/mol. The Balaban J connectivity index is 2.57. The summed E-state index contributed by atoms with van der Waals surface area (Å²) in [5, 5.41) is 8.94. The van der Waals surface area contributed by atoms with Crippen molar-refractivity contribution in [3.8, 4) is 0 Å². The molecule has 1 amide bonds. The summed E-state index contributed by atoms with van der Waals surface area (Å²) >= 11 is 0. The molecule has 2 atom stereocenters. The zero-order valence-corrected chi connectivity index (χ0v) is 10.5. The molecule has 1 aliphatic rings. The molecule has 0 aromatic carbocycles. The Morgan fingerprint density at radius 1 is 1.29 bits per heavy atom. The lowest BCUT2D eigenvalue weighted by Crippen LogP contribution is -2.58. The summed E-state index contributed by atoms with van der Waals surface area (Å²) in [5.41, 5.74) is 0. The normalized spacial score (nSPS) is 25.7. The number of nitrogens with zero attached hydrogens (tertiary/aromatic N) is 2. The topological polar surface area (TPSA) is 70.1 Å². The summed E-state index contributed by atoms with van der Waals surface area (Å²) < 4.78 is 4.91. The van der Waals surface area contributed by atoms with E-state index in [1.807, 2.05) is 18.7 Å². The van der Waals surface area contributed by atoms with Crippen LogP contribution in [-0.2, 0) is 9.53 Å². The molecule has 1 heterocycles. The number of esters is 1. The van der Waals surface area contributed by atoms with Gasteiger partial charge in [-0.3, -0.25) is 9.69 Å². The summed E-state index contributed by atoms with van der Waals surface area (Å²) in [6.07, 6.45) is -0.903. The van der Waals surface area contributed by atoms with Gasteiger partial charge in [0.05, 0.1) is 13.2 Å². The Morgan fingerprint density at radius 2 is 1.82 bits per heavy atom. The predicted molar refractivity (Wildman–Crippen MR) is 61.9 cm³/mol. The van der Waals surface area contributed by atoms with Crippen LogP contribution in [0.1, 0.15) is 20.8 Å². The van der Waals surface area contributed by atoms with Gasteiger partial charge in [0.1, 0.15) is 0 Å². The first-order valence-corrected chi connectivity index (χ1v) is 5.85. The molecule has 1 aliphatic heterocycles. The van der Waals surface area contributed by atoms with E-state index in [0.717, 1.165) is 0 Å². The zero-order chi connectivity index (χ0) is 13.0. The van der Waals surface area contributed by atoms with Crippen molar-refractivity contribution in [2.45, 2.75) is 32.9 Å². The van der Waals surface area contributed by atoms with E-state index in [1.165, 1.54) is 4.90 Å². The van der Waals surface area contributed by atoms with Crippen molar-refractivity contribution in [1.82, 2.24) is 9.80 Å². The van der Waals surface area contributed by atoms with Crippen LogP contribution in [0.3, 0.4) is 0 Å². The van der Waals surface area contributed by atoms with Gasteiger partial charge >= 0.3 is 12.1 Å². The maximum absolute atomic E-state index is 11.4. The molecule has 0 bridgehead atoms. The third-order valence-electron chi connectivity index (χ3n) is 2.99. The van der Waals surface area contributed by atoms with Crippen molar-refractivity contribution in [1.29, 1.82) is 0 Å². The van der Waals surface area contributed by atoms with E-state index in [4.69, 9.17) is 9.84 Å². The average Bonchev–Trinajstić information content (AvgIpc) is 2.23. The van der Waals surface area contributed by atoms with Gasteiger partial charge in [0.15, 0.2) is 0 Å². The van der Waals surface area contributed by atoms with Crippen LogP contribution in [0.25, 0.3) is 0 Å². The maximum atomic E-state index is 11.4. The molecule has 1 rings (SSSR count). The van der Waals surface area contributed by atoms with Crippen LogP contribution < -0.4 is 0 Å². The molecule has 0 spiro atoms. The van der Waals surface area contributed by atoms with Crippen molar-refractivity contribution in [3.63, 3.8) is 0 Å². The molecular formula is C11H20N2O4. The fraction of sp³-hybridized carbons (Fsp3) is 0.818. The Morgan fingerprint density at radius 3 is 2.24 bits per heavy atom. The molecule has 6 heteroatoms. The fourth-order valence-corrected chi connectivity index (χ4v) is 2.18. The van der Waals surface area contributed by atoms with Crippen molar-refractivity contribution < 1.29 is 19.4 Å². The Hall–Kier alpha value is -1.30. The first-order valence-electron chi connectivity index (χ1n) is 5.85. The number of carbonyl (C=O) groups is 2. The molecule has 0 saturated carbocycles. The van der Waals surface area contributed by atoms with E-state index < -0.39 is 6.09 Å². The predicted octanol–water partition coefficient (Wildman–Crippen LogP) is 0.622. The number of amides is 1. The van der Waals surface area contributed by atoms with Crippen molar-refractivity contribution >= 4 is 12.1 Å². The van der Waals surface area contributed by atoms with Gasteiger partial charge in [-0.05, 0) is 20.8 Å². The van der Waals surface area contributed by atoms with Gasteiger partial charge in [-0.25, -0.2) is 4.79 Å². The summed E-state index contributed by atoms with van der Waals surface area (Å²) in [7, 11) is 0. The number of carboxylic acid groups (broad SMARTS) is 1. The number of hydrogen-bond acceptors (Lipinski definition) is 4. The van der Waals surface area contributed by atoms with Crippen molar-refractivity contribution in [2.75, 3.05) is 26.2 Å². The first kappa shape index (κ1) is 13.8. The van der Waals surface area contributed by atoms with Crippen molar-refractivity contribution in [2.24, 2.45) is 0 Å². The minimum Gasteiger partial charge on any atom is -0.465 e. The Kier molecular flexibility index (Phi) is 4.74. The molecule has 98 valence electrons. The summed E-state index contributed by atoms with van der Waals surface area (Å²) in [4.78, 5) is 25.7. The van der Waals surface area contributed by atoms with Gasteiger partial charge in [-0.2, -0.15) is 0 Å². The highest BCUT2D eigenvalue weighted by atomic mass is 16.5. The van der Waals surface area contributed by atoms with Crippen LogP contribution in [0.4, 0.5) is 4.79 Å². The molecule has 0 aliphatic carbocycles. The smallest absolute Gasteiger partial charge is 0.407 e. The third-order valence-corrected chi connectivity index (χ3v) is 2.99. The second kappa shape index (κ2) is 5.86. The van der Waals surface area contributed by atoms with Crippen LogP contribution in [0, 0.1) is 0 Å². The highest BCUT2D eigenvalue weighted by Crippen LogP contribution is 2.15. The molecule has 1 N–H and O–H groups in total. The lowest BCUT2D eigenvalue weighted by Gasteiger charge is -2.42. The molecule has 6 nitrogen and oxygen atoms in total. The van der Waals surface area contributed by atoms with E-state index in [1.54, 1.807) is 6.92 Å². The number of ether oxygens (including phenoxy) is 1. The van der Waals surface area contributed by atoms with E-state index >= 15 is 0 Å². The molecule has 0 aromatic rings. The van der Waals surface area contributed by atoms with E-state index in [9.17, 15) is 9.59 Å². The summed E-state index contributed by atoms with van der Waals surface area (Å²) in [6, 6.07) is 0.0542. The number of carbonyl (C=O) groups excluding carboxylic acids is 1. The summed E-state index contributed by atoms with van der Waals surface area (Å²) in [6.45, 7) is 7.07. The lowest BCUT2D eigenvalue weighted by atomic mass is 10.1. The minimum absolute atomic E-state index is 0.0271. The number of piperazine rings is 1. The van der Waals surface area contributed by atoms with Crippen molar-refractivity contribution in [3.05, 3.63) is 0 Å². The zero-order valence-electron chi connectivity index (χ0n) is 10.5. The highest BCUT2D eigenvalue weighted by Gasteiger charge is 2.32. The Labute approximate surface area is 101 Å². The van der Waals surface area contributed by atoms with Crippen LogP contribution in [0.2, 0.25) is 0 Å². The SMILES string of the molecule is CCOC(=O)CN1C(C)CN(C(=O)O)CC1C. The van der Waals surface area contributed by atoms with Gasteiger partial charge in [-0.1, -0.05) is 0 Å². The quantitative estimate of drug-likeness (QED) is 0.737. The van der Waals surface area contributed by atoms with Gasteiger partial charge in [-0.15, -0.1) is 0 Å². The van der Waals surface area contributed by atoms with Gasteiger partial charge in [0, 0.05) is 25.2 Å². The molecule has 0 aromatic heterocycles. The lowest BCUT2D eigenvalue weighted by molar-refractivity contribution is -0.146. The molecule has 0 radical (unpaired) electrons. The van der Waals surface area contributed by atoms with E-state index in [-0.39, 0.29) is 24.6 Å². The van der Waals surface area contributed by atoms with Crippen LogP contribution in [-0.4, -0.2) is 65.3 Å². The molecule has 17 heavy (non-hydrogen) atoms. The van der Waals surface area contributed by atoms with E-state index in [2.05, 4.69) is 0 Å². The minimum atomic E-state index is -0.903. The van der Waals surface area contributed by atoms with Crippen LogP contribution in [0.5, 0.6) is 0 Å². The molecule has 1 fully saturated rings. The van der Waals surface area contributed by atoms with Gasteiger partial charge < -0.3 is 14.7 Å². The highest BCUT2D eigenvalue weighted by molar-refractivity contribution is 5.72. The largest absolute Gasteiger partial charge is 0.465 e. The standard InChI is InChI=1S/C11H20N2O4/c1-4-17-10(14)7-13-8(2)5-12(11(15)16)6-9(13)3/h8-9H,4-7H2,1-3H3,(H,15,16). The second-order valence-corrected chi connectivity index (χ2v) is 4.36. The van der Waals surface area contributed by atoms with E-state index in [0.29, 0.717) is 19.7 Å². The molecule has 2 unspecified atom stereocenters. The van der Waals surface area contributed by atoms with Crippen LogP contribution >= 0.6 is 0 Å². The maximum Gasteiger partial charge on any atom is 0.407 e. The van der Waals surface area contributed by atoms with Gasteiger partial charge in [0.2, 0.25) is 0 Å². The molecule has 1 saturated heterocycles. The number of hydrogen-bond donors (Lipinski definition) is 1. The van der Waals surface area contributed by atoms with Crippen LogP contribution in [0.15, 0.2) is 0 Å². The third kappa shape index (κ3) is 3.59. The average molecular weight is 244 g/mol. The second-order valence-electron chi connectivity index (χ2n) is 4.36.